The van der Waals surface area contributed by atoms with Gasteiger partial charge in [-0.2, -0.15) is 10.2 Å². The Labute approximate surface area is 126 Å². The number of anilines is 3. The van der Waals surface area contributed by atoms with Gasteiger partial charge in [0.05, 0.1) is 11.3 Å². The lowest BCUT2D eigenvalue weighted by atomic mass is 10.2. The van der Waals surface area contributed by atoms with Crippen LogP contribution in [0.5, 0.6) is 0 Å². The number of hydrogen-bond donors (Lipinski definition) is 2. The van der Waals surface area contributed by atoms with E-state index in [-0.39, 0.29) is 0 Å². The molecule has 0 atom stereocenters. The molecular weight excluding hydrogens is 318 g/mol. The molecule has 0 fully saturated rings. The summed E-state index contributed by atoms with van der Waals surface area (Å²) < 4.78 is 0.900. The third kappa shape index (κ3) is 3.68. The van der Waals surface area contributed by atoms with Crippen molar-refractivity contribution in [3.8, 4) is 6.07 Å². The number of nitriles is 1. The van der Waals surface area contributed by atoms with Crippen LogP contribution in [0.4, 0.5) is 17.5 Å². The van der Waals surface area contributed by atoms with Crippen LogP contribution >= 0.6 is 15.9 Å². The van der Waals surface area contributed by atoms with Crippen LogP contribution in [-0.2, 0) is 0 Å². The van der Waals surface area contributed by atoms with E-state index < -0.39 is 0 Å². The lowest BCUT2D eigenvalue weighted by Crippen LogP contribution is -2.05. The Morgan fingerprint density at radius 1 is 1.35 bits per heavy atom. The van der Waals surface area contributed by atoms with Gasteiger partial charge in [0.25, 0.3) is 0 Å². The molecule has 2 aromatic rings. The van der Waals surface area contributed by atoms with Crippen LogP contribution in [0.3, 0.4) is 0 Å². The van der Waals surface area contributed by atoms with Crippen LogP contribution in [0.1, 0.15) is 18.9 Å². The summed E-state index contributed by atoms with van der Waals surface area (Å²) in [5.74, 6) is 1.22. The topological polar surface area (TPSA) is 73.6 Å². The Morgan fingerprint density at radius 3 is 2.95 bits per heavy atom. The van der Waals surface area contributed by atoms with Crippen molar-refractivity contribution in [1.29, 1.82) is 5.26 Å². The van der Waals surface area contributed by atoms with Crippen LogP contribution < -0.4 is 10.6 Å². The largest absolute Gasteiger partial charge is 0.354 e. The minimum Gasteiger partial charge on any atom is -0.354 e. The second kappa shape index (κ2) is 6.87. The lowest BCUT2D eigenvalue weighted by Gasteiger charge is -2.09. The number of nitrogens with zero attached hydrogens (tertiary/aromatic N) is 3. The number of nitrogens with one attached hydrogen (secondary N) is 2. The van der Waals surface area contributed by atoms with Gasteiger partial charge in [0.15, 0.2) is 0 Å². The average molecular weight is 332 g/mol. The van der Waals surface area contributed by atoms with E-state index in [1.54, 1.807) is 18.3 Å². The minimum atomic E-state index is 0.565. The van der Waals surface area contributed by atoms with Gasteiger partial charge in [-0.05, 0) is 30.7 Å². The molecule has 0 amide bonds. The van der Waals surface area contributed by atoms with Crippen LogP contribution in [-0.4, -0.2) is 16.5 Å². The molecule has 1 heterocycles. The summed E-state index contributed by atoms with van der Waals surface area (Å²) in [6.07, 6.45) is 2.68. The molecule has 0 unspecified atom stereocenters. The molecule has 6 heteroatoms. The Hall–Kier alpha value is -2.13. The molecule has 0 aliphatic carbocycles. The van der Waals surface area contributed by atoms with E-state index in [2.05, 4.69) is 49.5 Å². The number of hydrogen-bond acceptors (Lipinski definition) is 5. The van der Waals surface area contributed by atoms with Gasteiger partial charge in [0.2, 0.25) is 5.95 Å². The molecule has 0 aliphatic heterocycles. The smallest absolute Gasteiger partial charge is 0.224 e. The molecule has 5 nitrogen and oxygen atoms in total. The van der Waals surface area contributed by atoms with Crippen molar-refractivity contribution >= 4 is 33.4 Å². The third-order valence-electron chi connectivity index (χ3n) is 2.55. The predicted molar refractivity (Wildman–Crippen MR) is 83.0 cm³/mol. The summed E-state index contributed by atoms with van der Waals surface area (Å²) in [6.45, 7) is 2.90. The summed E-state index contributed by atoms with van der Waals surface area (Å²) in [5, 5.41) is 15.4. The predicted octanol–water partition coefficient (Wildman–Crippen LogP) is 3.68. The molecule has 1 aromatic carbocycles. The third-order valence-corrected chi connectivity index (χ3v) is 3.05. The van der Waals surface area contributed by atoms with Crippen molar-refractivity contribution in [2.45, 2.75) is 13.3 Å². The highest BCUT2D eigenvalue weighted by Crippen LogP contribution is 2.23. The molecule has 0 radical (unpaired) electrons. The van der Waals surface area contributed by atoms with Gasteiger partial charge in [0.1, 0.15) is 11.9 Å². The first-order valence-electron chi connectivity index (χ1n) is 6.26. The van der Waals surface area contributed by atoms with Gasteiger partial charge in [-0.3, -0.25) is 0 Å². The summed E-state index contributed by atoms with van der Waals surface area (Å²) in [7, 11) is 0. The molecule has 0 spiro atoms. The molecule has 2 N–H and O–H groups in total. The Morgan fingerprint density at radius 2 is 2.20 bits per heavy atom. The van der Waals surface area contributed by atoms with Crippen molar-refractivity contribution in [2.75, 3.05) is 17.2 Å². The average Bonchev–Trinajstić information content (AvgIpc) is 2.46. The van der Waals surface area contributed by atoms with E-state index in [0.717, 1.165) is 17.4 Å². The number of benzene rings is 1. The van der Waals surface area contributed by atoms with E-state index in [4.69, 9.17) is 5.26 Å². The maximum absolute atomic E-state index is 9.11. The molecular formula is C14H14BrN5. The van der Waals surface area contributed by atoms with Gasteiger partial charge in [-0.15, -0.1) is 0 Å². The molecule has 2 rings (SSSR count). The zero-order chi connectivity index (χ0) is 14.4. The normalized spacial score (nSPS) is 9.85. The molecule has 20 heavy (non-hydrogen) atoms. The van der Waals surface area contributed by atoms with Crippen LogP contribution in [0, 0.1) is 11.3 Å². The summed E-state index contributed by atoms with van der Waals surface area (Å²) in [5.41, 5.74) is 1.27. The molecule has 0 aliphatic rings. The van der Waals surface area contributed by atoms with E-state index in [0.29, 0.717) is 23.0 Å². The molecule has 102 valence electrons. The van der Waals surface area contributed by atoms with Crippen molar-refractivity contribution < 1.29 is 0 Å². The number of aromatic nitrogens is 2. The maximum atomic E-state index is 9.11. The Balaban J connectivity index is 2.22. The number of halogens is 1. The highest BCUT2D eigenvalue weighted by molar-refractivity contribution is 9.10. The first-order valence-corrected chi connectivity index (χ1v) is 7.06. The van der Waals surface area contributed by atoms with Gasteiger partial charge in [-0.1, -0.05) is 22.9 Å². The van der Waals surface area contributed by atoms with Crippen LogP contribution in [0.2, 0.25) is 0 Å². The molecule has 0 saturated carbocycles. The van der Waals surface area contributed by atoms with E-state index in [1.165, 1.54) is 0 Å². The van der Waals surface area contributed by atoms with Crippen LogP contribution in [0.25, 0.3) is 0 Å². The van der Waals surface area contributed by atoms with E-state index in [9.17, 15) is 0 Å². The standard InChI is InChI=1S/C14H14BrN5/c1-2-6-17-14-18-7-5-13(20-14)19-12-8-11(15)4-3-10(12)9-16/h3-5,7-8H,2,6H2,1H3,(H2,17,18,19,20). The first kappa shape index (κ1) is 14.3. The SMILES string of the molecule is CCCNc1nccc(Nc2cc(Br)ccc2C#N)n1. The fourth-order valence-electron chi connectivity index (χ4n) is 1.61. The Bertz CT molecular complexity index is 636. The first-order chi connectivity index (χ1) is 9.72. The highest BCUT2D eigenvalue weighted by atomic mass is 79.9. The quantitative estimate of drug-likeness (QED) is 0.874. The fourth-order valence-corrected chi connectivity index (χ4v) is 1.97. The van der Waals surface area contributed by atoms with E-state index >= 15 is 0 Å². The van der Waals surface area contributed by atoms with E-state index in [1.807, 2.05) is 12.1 Å². The zero-order valence-electron chi connectivity index (χ0n) is 11.0. The Kier molecular flexibility index (Phi) is 4.91. The second-order valence-electron chi connectivity index (χ2n) is 4.12. The molecule has 0 bridgehead atoms. The van der Waals surface area contributed by atoms with Crippen molar-refractivity contribution in [2.24, 2.45) is 0 Å². The maximum Gasteiger partial charge on any atom is 0.224 e. The lowest BCUT2D eigenvalue weighted by molar-refractivity contribution is 0.953. The van der Waals surface area contributed by atoms with Gasteiger partial charge < -0.3 is 10.6 Å². The second-order valence-corrected chi connectivity index (χ2v) is 5.03. The number of rotatable bonds is 5. The fraction of sp³-hybridized carbons (Fsp3) is 0.214. The minimum absolute atomic E-state index is 0.565. The molecule has 0 saturated heterocycles. The van der Waals surface area contributed by atoms with Crippen molar-refractivity contribution in [3.63, 3.8) is 0 Å². The zero-order valence-corrected chi connectivity index (χ0v) is 12.6. The highest BCUT2D eigenvalue weighted by Gasteiger charge is 2.05. The van der Waals surface area contributed by atoms with Crippen molar-refractivity contribution in [3.05, 3.63) is 40.5 Å². The summed E-state index contributed by atoms with van der Waals surface area (Å²) in [4.78, 5) is 8.49. The summed E-state index contributed by atoms with van der Waals surface area (Å²) >= 11 is 3.39. The van der Waals surface area contributed by atoms with Crippen LogP contribution in [0.15, 0.2) is 34.9 Å². The van der Waals surface area contributed by atoms with Gasteiger partial charge >= 0.3 is 0 Å². The summed E-state index contributed by atoms with van der Waals surface area (Å²) in [6, 6.07) is 9.34. The van der Waals surface area contributed by atoms with Gasteiger partial charge in [0, 0.05) is 17.2 Å². The molecule has 1 aromatic heterocycles. The monoisotopic (exact) mass is 331 g/mol. The van der Waals surface area contributed by atoms with Gasteiger partial charge in [-0.25, -0.2) is 4.98 Å². The van der Waals surface area contributed by atoms with Crippen molar-refractivity contribution in [1.82, 2.24) is 9.97 Å².